The summed E-state index contributed by atoms with van der Waals surface area (Å²) < 4.78 is 0.868. The Hall–Kier alpha value is -0.620. The Balaban J connectivity index is 2.00. The molecule has 7 heteroatoms. The largest absolute Gasteiger partial charge is 0.302 e. The van der Waals surface area contributed by atoms with Gasteiger partial charge in [-0.15, -0.1) is 0 Å². The molecule has 0 aliphatic carbocycles. The maximum atomic E-state index is 11.8. The van der Waals surface area contributed by atoms with E-state index in [1.165, 1.54) is 11.3 Å². The van der Waals surface area contributed by atoms with Crippen LogP contribution in [0.2, 0.25) is 10.0 Å². The van der Waals surface area contributed by atoms with Crippen LogP contribution in [0.15, 0.2) is 28.2 Å². The van der Waals surface area contributed by atoms with Crippen molar-refractivity contribution in [3.8, 4) is 0 Å². The third-order valence-electron chi connectivity index (χ3n) is 2.07. The average molecular weight is 366 g/mol. The number of rotatable bonds is 3. The van der Waals surface area contributed by atoms with E-state index in [4.69, 9.17) is 23.2 Å². The summed E-state index contributed by atoms with van der Waals surface area (Å²) in [6.45, 7) is 0. The number of thiazole rings is 1. The Morgan fingerprint density at radius 1 is 1.39 bits per heavy atom. The van der Waals surface area contributed by atoms with Crippen molar-refractivity contribution in [1.29, 1.82) is 0 Å². The lowest BCUT2D eigenvalue weighted by molar-refractivity contribution is -0.115. The number of carbonyl (C=O) groups excluding carboxylic acids is 1. The van der Waals surface area contributed by atoms with Crippen molar-refractivity contribution < 1.29 is 4.79 Å². The van der Waals surface area contributed by atoms with Gasteiger partial charge in [-0.25, -0.2) is 4.98 Å². The lowest BCUT2D eigenvalue weighted by Gasteiger charge is -2.03. The minimum absolute atomic E-state index is 0.143. The highest BCUT2D eigenvalue weighted by Crippen LogP contribution is 2.24. The molecule has 0 aliphatic heterocycles. The number of nitrogens with zero attached hydrogens (tertiary/aromatic N) is 1. The van der Waals surface area contributed by atoms with Gasteiger partial charge in [0, 0.05) is 0 Å². The van der Waals surface area contributed by atoms with Crippen molar-refractivity contribution in [2.24, 2.45) is 0 Å². The zero-order valence-corrected chi connectivity index (χ0v) is 12.8. The Kier molecular flexibility index (Phi) is 4.61. The zero-order valence-electron chi connectivity index (χ0n) is 8.91. The van der Waals surface area contributed by atoms with E-state index in [1.807, 2.05) is 0 Å². The summed E-state index contributed by atoms with van der Waals surface area (Å²) in [6.07, 6.45) is 1.87. The summed E-state index contributed by atoms with van der Waals surface area (Å²) >= 11 is 16.3. The summed E-state index contributed by atoms with van der Waals surface area (Å²) in [7, 11) is 0. The van der Waals surface area contributed by atoms with Crippen LogP contribution in [-0.4, -0.2) is 10.9 Å². The Morgan fingerprint density at radius 2 is 2.17 bits per heavy atom. The average Bonchev–Trinajstić information content (AvgIpc) is 2.69. The molecule has 0 aliphatic rings. The van der Waals surface area contributed by atoms with Crippen LogP contribution in [0.5, 0.6) is 0 Å². The van der Waals surface area contributed by atoms with Crippen molar-refractivity contribution in [2.75, 3.05) is 5.32 Å². The van der Waals surface area contributed by atoms with Crippen LogP contribution in [0.4, 0.5) is 5.13 Å². The van der Waals surface area contributed by atoms with Gasteiger partial charge in [0.15, 0.2) is 5.13 Å². The molecule has 0 spiro atoms. The van der Waals surface area contributed by atoms with Gasteiger partial charge in [0.25, 0.3) is 0 Å². The van der Waals surface area contributed by atoms with E-state index in [2.05, 4.69) is 26.2 Å². The van der Waals surface area contributed by atoms with Crippen molar-refractivity contribution >= 4 is 61.5 Å². The molecular formula is C11H7BrCl2N2OS. The summed E-state index contributed by atoms with van der Waals surface area (Å²) in [6, 6.07) is 5.12. The third-order valence-corrected chi connectivity index (χ3v) is 4.20. The van der Waals surface area contributed by atoms with E-state index in [9.17, 15) is 4.79 Å². The number of aromatic nitrogens is 1. The molecule has 0 radical (unpaired) electrons. The highest BCUT2D eigenvalue weighted by atomic mass is 79.9. The molecule has 1 heterocycles. The van der Waals surface area contributed by atoms with Gasteiger partial charge in [-0.3, -0.25) is 4.79 Å². The number of nitrogens with one attached hydrogen (secondary N) is 1. The summed E-state index contributed by atoms with van der Waals surface area (Å²) in [5.41, 5.74) is 0.803. The van der Waals surface area contributed by atoms with E-state index in [0.717, 1.165) is 9.35 Å². The van der Waals surface area contributed by atoms with E-state index in [0.29, 0.717) is 15.2 Å². The van der Waals surface area contributed by atoms with Crippen LogP contribution >= 0.6 is 50.5 Å². The van der Waals surface area contributed by atoms with E-state index >= 15 is 0 Å². The second-order valence-corrected chi connectivity index (χ2v) is 6.67. The van der Waals surface area contributed by atoms with E-state index in [-0.39, 0.29) is 12.3 Å². The van der Waals surface area contributed by atoms with E-state index < -0.39 is 0 Å². The Morgan fingerprint density at radius 3 is 2.78 bits per heavy atom. The van der Waals surface area contributed by atoms with Gasteiger partial charge in [-0.05, 0) is 33.6 Å². The molecule has 0 saturated carbocycles. The molecule has 1 amide bonds. The fraction of sp³-hybridized carbons (Fsp3) is 0.0909. The second kappa shape index (κ2) is 6.02. The molecule has 1 aromatic heterocycles. The number of halogens is 3. The van der Waals surface area contributed by atoms with Crippen LogP contribution in [0, 0.1) is 0 Å². The first-order valence-electron chi connectivity index (χ1n) is 4.89. The van der Waals surface area contributed by atoms with Crippen molar-refractivity contribution in [2.45, 2.75) is 6.42 Å². The van der Waals surface area contributed by atoms with Crippen molar-refractivity contribution in [3.63, 3.8) is 0 Å². The quantitative estimate of drug-likeness (QED) is 0.876. The molecule has 94 valence electrons. The number of hydrogen-bond donors (Lipinski definition) is 1. The van der Waals surface area contributed by atoms with Gasteiger partial charge >= 0.3 is 0 Å². The van der Waals surface area contributed by atoms with Gasteiger partial charge in [0.2, 0.25) is 5.91 Å². The number of carbonyl (C=O) groups is 1. The molecule has 2 rings (SSSR count). The SMILES string of the molecule is O=C(Cc1ccc(Cl)c(Cl)c1)Nc1ncc(Br)s1. The monoisotopic (exact) mass is 364 g/mol. The summed E-state index contributed by atoms with van der Waals surface area (Å²) in [4.78, 5) is 15.8. The van der Waals surface area contributed by atoms with Crippen LogP contribution in [-0.2, 0) is 11.2 Å². The Bertz CT molecular complexity index is 588. The maximum absolute atomic E-state index is 11.8. The Labute approximate surface area is 126 Å². The molecule has 0 fully saturated rings. The highest BCUT2D eigenvalue weighted by molar-refractivity contribution is 9.11. The molecule has 1 N–H and O–H groups in total. The van der Waals surface area contributed by atoms with Crippen molar-refractivity contribution in [3.05, 3.63) is 43.8 Å². The minimum atomic E-state index is -0.143. The molecular weight excluding hydrogens is 359 g/mol. The van der Waals surface area contributed by atoms with Crippen LogP contribution in [0.3, 0.4) is 0 Å². The fourth-order valence-corrected chi connectivity index (χ4v) is 2.75. The summed E-state index contributed by atoms with van der Waals surface area (Å²) in [5, 5.41) is 4.19. The molecule has 2 aromatic rings. The molecule has 3 nitrogen and oxygen atoms in total. The second-order valence-electron chi connectivity index (χ2n) is 3.44. The number of amides is 1. The first kappa shape index (κ1) is 13.8. The normalized spacial score (nSPS) is 10.4. The first-order chi connectivity index (χ1) is 8.54. The standard InChI is InChI=1S/C11H7BrCl2N2OS/c12-9-5-15-11(18-9)16-10(17)4-6-1-2-7(13)8(14)3-6/h1-3,5H,4H2,(H,15,16,17). The maximum Gasteiger partial charge on any atom is 0.230 e. The topological polar surface area (TPSA) is 42.0 Å². The van der Waals surface area contributed by atoms with Crippen molar-refractivity contribution in [1.82, 2.24) is 4.98 Å². The molecule has 0 unspecified atom stereocenters. The predicted molar refractivity (Wildman–Crippen MR) is 78.6 cm³/mol. The van der Waals surface area contributed by atoms with Gasteiger partial charge in [0.1, 0.15) is 0 Å². The predicted octanol–water partition coefficient (Wildman–Crippen LogP) is 4.39. The molecule has 1 aromatic carbocycles. The third kappa shape index (κ3) is 3.68. The van der Waals surface area contributed by atoms with Crippen LogP contribution in [0.25, 0.3) is 0 Å². The smallest absolute Gasteiger partial charge is 0.230 e. The lowest BCUT2D eigenvalue weighted by atomic mass is 10.1. The number of anilines is 1. The molecule has 0 atom stereocenters. The van der Waals surface area contributed by atoms with Gasteiger partial charge in [-0.2, -0.15) is 0 Å². The minimum Gasteiger partial charge on any atom is -0.302 e. The van der Waals surface area contributed by atoms with Gasteiger partial charge in [0.05, 0.1) is 26.4 Å². The van der Waals surface area contributed by atoms with Crippen LogP contribution in [0.1, 0.15) is 5.56 Å². The van der Waals surface area contributed by atoms with Gasteiger partial charge in [-0.1, -0.05) is 40.6 Å². The van der Waals surface area contributed by atoms with Crippen LogP contribution < -0.4 is 5.32 Å². The fourth-order valence-electron chi connectivity index (χ4n) is 1.31. The van der Waals surface area contributed by atoms with E-state index in [1.54, 1.807) is 24.4 Å². The first-order valence-corrected chi connectivity index (χ1v) is 7.26. The highest BCUT2D eigenvalue weighted by Gasteiger charge is 2.08. The lowest BCUT2D eigenvalue weighted by Crippen LogP contribution is -2.14. The van der Waals surface area contributed by atoms with Gasteiger partial charge < -0.3 is 5.32 Å². The molecule has 0 bridgehead atoms. The molecule has 18 heavy (non-hydrogen) atoms. The summed E-state index contributed by atoms with van der Waals surface area (Å²) in [5.74, 6) is -0.143. The zero-order chi connectivity index (χ0) is 13.1. The molecule has 0 saturated heterocycles. The number of hydrogen-bond acceptors (Lipinski definition) is 3. The number of benzene rings is 1.